The molecule has 1 aliphatic rings. The topological polar surface area (TPSA) is 65.0 Å². The Hall–Kier alpha value is -1.53. The van der Waals surface area contributed by atoms with Gasteiger partial charge in [-0.3, -0.25) is 14.6 Å². The van der Waals surface area contributed by atoms with Gasteiger partial charge in [0.05, 0.1) is 31.4 Å². The molecule has 2 atom stereocenters. The Morgan fingerprint density at radius 2 is 2.09 bits per heavy atom. The van der Waals surface area contributed by atoms with Crippen molar-refractivity contribution in [3.63, 3.8) is 0 Å². The molecule has 0 saturated carbocycles. The third-order valence-corrected chi connectivity index (χ3v) is 5.30. The maximum Gasteiger partial charge on any atom is 0.324 e. The fourth-order valence-corrected chi connectivity index (χ4v) is 4.01. The van der Waals surface area contributed by atoms with Gasteiger partial charge in [-0.2, -0.15) is 0 Å². The van der Waals surface area contributed by atoms with Gasteiger partial charge in [-0.25, -0.2) is 0 Å². The van der Waals surface area contributed by atoms with Crippen molar-refractivity contribution in [1.82, 2.24) is 0 Å². The van der Waals surface area contributed by atoms with Crippen LogP contribution in [0.25, 0.3) is 0 Å². The number of halogens is 1. The molecule has 0 aromatic heterocycles. The van der Waals surface area contributed by atoms with Crippen molar-refractivity contribution in [1.29, 1.82) is 0 Å². The lowest BCUT2D eigenvalue weighted by molar-refractivity contribution is -0.141. The van der Waals surface area contributed by atoms with E-state index in [0.29, 0.717) is 22.2 Å². The van der Waals surface area contributed by atoms with Crippen molar-refractivity contribution < 1.29 is 19.1 Å². The Morgan fingerprint density at radius 3 is 2.70 bits per heavy atom. The van der Waals surface area contributed by atoms with E-state index in [4.69, 9.17) is 21.1 Å². The first-order valence-electron chi connectivity index (χ1n) is 7.07. The summed E-state index contributed by atoms with van der Waals surface area (Å²) in [5, 5.41) is -0.0137. The van der Waals surface area contributed by atoms with Crippen molar-refractivity contribution in [3.05, 3.63) is 28.8 Å². The number of para-hydroxylation sites is 1. The Kier molecular flexibility index (Phi) is 6.07. The molecule has 0 spiro atoms. The average Bonchev–Trinajstić information content (AvgIpc) is 2.92. The standard InChI is InChI=1S/C16H18ClNO4S/c1-9-5-4-6-11(17)13(9)18-14-10(7-12(19)21-2)8-23-15(14)16(20)22-3/h4-6,10,15H,7-8H2,1-3H3. The van der Waals surface area contributed by atoms with Crippen molar-refractivity contribution in [2.75, 3.05) is 20.0 Å². The van der Waals surface area contributed by atoms with Gasteiger partial charge >= 0.3 is 11.9 Å². The number of nitrogens with zero attached hydrogens (tertiary/aromatic N) is 1. The predicted molar refractivity (Wildman–Crippen MR) is 91.7 cm³/mol. The molecule has 23 heavy (non-hydrogen) atoms. The number of hydrogen-bond donors (Lipinski definition) is 0. The van der Waals surface area contributed by atoms with Crippen LogP contribution in [0.3, 0.4) is 0 Å². The first kappa shape index (κ1) is 17.8. The lowest BCUT2D eigenvalue weighted by Gasteiger charge is -2.14. The number of rotatable bonds is 4. The molecule has 0 bridgehead atoms. The number of benzene rings is 1. The predicted octanol–water partition coefficient (Wildman–Crippen LogP) is 3.19. The zero-order valence-corrected chi connectivity index (χ0v) is 14.7. The van der Waals surface area contributed by atoms with Crippen LogP contribution in [0.1, 0.15) is 12.0 Å². The highest BCUT2D eigenvalue weighted by Crippen LogP contribution is 2.36. The fourth-order valence-electron chi connectivity index (χ4n) is 2.38. The number of aliphatic imine (C=N–C) groups is 1. The van der Waals surface area contributed by atoms with Crippen LogP contribution >= 0.6 is 23.4 Å². The molecule has 5 nitrogen and oxygen atoms in total. The molecule has 0 radical (unpaired) electrons. The lowest BCUT2D eigenvalue weighted by atomic mass is 9.98. The van der Waals surface area contributed by atoms with Gasteiger partial charge in [-0.1, -0.05) is 23.7 Å². The van der Waals surface area contributed by atoms with Crippen LogP contribution in [0.5, 0.6) is 0 Å². The van der Waals surface area contributed by atoms with E-state index >= 15 is 0 Å². The largest absolute Gasteiger partial charge is 0.469 e. The number of thioether (sulfide) groups is 1. The van der Waals surface area contributed by atoms with E-state index in [1.165, 1.54) is 26.0 Å². The molecule has 1 aromatic carbocycles. The summed E-state index contributed by atoms with van der Waals surface area (Å²) in [6.07, 6.45) is 0.180. The minimum Gasteiger partial charge on any atom is -0.469 e. The highest BCUT2D eigenvalue weighted by atomic mass is 35.5. The van der Waals surface area contributed by atoms with Crippen LogP contribution in [0.15, 0.2) is 23.2 Å². The highest BCUT2D eigenvalue weighted by Gasteiger charge is 2.39. The molecule has 2 unspecified atom stereocenters. The molecular formula is C16H18ClNO4S. The van der Waals surface area contributed by atoms with Gasteiger partial charge in [0.2, 0.25) is 0 Å². The molecule has 1 saturated heterocycles. The van der Waals surface area contributed by atoms with E-state index in [-0.39, 0.29) is 24.3 Å². The molecule has 1 fully saturated rings. The summed E-state index contributed by atoms with van der Waals surface area (Å²) < 4.78 is 9.59. The summed E-state index contributed by atoms with van der Waals surface area (Å²) in [7, 11) is 2.69. The van der Waals surface area contributed by atoms with Gasteiger partial charge in [0, 0.05) is 17.4 Å². The van der Waals surface area contributed by atoms with E-state index in [9.17, 15) is 9.59 Å². The van der Waals surface area contributed by atoms with Crippen LogP contribution in [0.4, 0.5) is 5.69 Å². The van der Waals surface area contributed by atoms with Crippen molar-refractivity contribution >= 4 is 46.7 Å². The monoisotopic (exact) mass is 355 g/mol. The molecule has 124 valence electrons. The number of carbonyl (C=O) groups excluding carboxylic acids is 2. The third kappa shape index (κ3) is 4.06. The fraction of sp³-hybridized carbons (Fsp3) is 0.438. The van der Waals surface area contributed by atoms with Crippen LogP contribution in [-0.4, -0.2) is 42.9 Å². The second kappa shape index (κ2) is 7.84. The van der Waals surface area contributed by atoms with Gasteiger partial charge in [0.15, 0.2) is 0 Å². The van der Waals surface area contributed by atoms with Gasteiger partial charge in [-0.15, -0.1) is 11.8 Å². The summed E-state index contributed by atoms with van der Waals surface area (Å²) in [5.41, 5.74) is 2.14. The van der Waals surface area contributed by atoms with E-state index in [0.717, 1.165) is 5.56 Å². The molecule has 1 aromatic rings. The van der Waals surface area contributed by atoms with E-state index in [1.54, 1.807) is 6.07 Å². The Morgan fingerprint density at radius 1 is 1.35 bits per heavy atom. The summed E-state index contributed by atoms with van der Waals surface area (Å²) >= 11 is 7.65. The first-order chi connectivity index (χ1) is 11.0. The number of aryl methyl sites for hydroxylation is 1. The molecule has 2 rings (SSSR count). The molecule has 0 aliphatic carbocycles. The van der Waals surface area contributed by atoms with Crippen LogP contribution < -0.4 is 0 Å². The zero-order valence-electron chi connectivity index (χ0n) is 13.2. The molecular weight excluding hydrogens is 338 g/mol. The normalized spacial score (nSPS) is 22.2. The molecule has 1 heterocycles. The minimum atomic E-state index is -0.523. The smallest absolute Gasteiger partial charge is 0.324 e. The second-order valence-electron chi connectivity index (χ2n) is 5.16. The molecule has 1 aliphatic heterocycles. The number of hydrogen-bond acceptors (Lipinski definition) is 6. The number of esters is 2. The summed E-state index contributed by atoms with van der Waals surface area (Å²) in [5.74, 6) is -0.264. The van der Waals surface area contributed by atoms with E-state index in [1.807, 2.05) is 19.1 Å². The lowest BCUT2D eigenvalue weighted by Crippen LogP contribution is -2.29. The first-order valence-corrected chi connectivity index (χ1v) is 8.50. The summed E-state index contributed by atoms with van der Waals surface area (Å²) in [6.45, 7) is 1.90. The zero-order chi connectivity index (χ0) is 17.0. The maximum atomic E-state index is 12.0. The van der Waals surface area contributed by atoms with Gasteiger partial charge in [0.1, 0.15) is 5.25 Å². The summed E-state index contributed by atoms with van der Waals surface area (Å²) in [4.78, 5) is 28.3. The minimum absolute atomic E-state index is 0.174. The van der Waals surface area contributed by atoms with Crippen molar-refractivity contribution in [3.8, 4) is 0 Å². The number of methoxy groups -OCH3 is 2. The van der Waals surface area contributed by atoms with Crippen molar-refractivity contribution in [2.24, 2.45) is 10.9 Å². The molecule has 0 amide bonds. The van der Waals surface area contributed by atoms with Crippen molar-refractivity contribution in [2.45, 2.75) is 18.6 Å². The SMILES string of the molecule is COC(=O)CC1CSC(C(=O)OC)C1=Nc1c(C)cccc1Cl. The van der Waals surface area contributed by atoms with E-state index in [2.05, 4.69) is 4.99 Å². The van der Waals surface area contributed by atoms with Gasteiger partial charge in [0.25, 0.3) is 0 Å². The number of carbonyl (C=O) groups is 2. The highest BCUT2D eigenvalue weighted by molar-refractivity contribution is 8.01. The number of ether oxygens (including phenoxy) is 2. The van der Waals surface area contributed by atoms with Gasteiger partial charge in [-0.05, 0) is 18.6 Å². The average molecular weight is 356 g/mol. The van der Waals surface area contributed by atoms with E-state index < -0.39 is 5.25 Å². The van der Waals surface area contributed by atoms with Crippen LogP contribution in [0, 0.1) is 12.8 Å². The third-order valence-electron chi connectivity index (χ3n) is 3.64. The van der Waals surface area contributed by atoms with Crippen LogP contribution in [-0.2, 0) is 19.1 Å². The second-order valence-corrected chi connectivity index (χ2v) is 6.70. The van der Waals surface area contributed by atoms with Gasteiger partial charge < -0.3 is 9.47 Å². The van der Waals surface area contributed by atoms with Crippen LogP contribution in [0.2, 0.25) is 5.02 Å². The Labute approximate surface area is 144 Å². The Balaban J connectivity index is 2.42. The summed E-state index contributed by atoms with van der Waals surface area (Å²) in [6, 6.07) is 5.49. The molecule has 0 N–H and O–H groups in total. The quantitative estimate of drug-likeness (QED) is 0.776. The maximum absolute atomic E-state index is 12.0. The Bertz CT molecular complexity index is 627. The molecule has 7 heteroatoms.